The maximum Gasteiger partial charge on any atom is 0.326 e. The molecular weight excluding hydrogens is 550 g/mol. The van der Waals surface area contributed by atoms with Gasteiger partial charge in [-0.2, -0.15) is 11.8 Å². The Morgan fingerprint density at radius 1 is 0.927 bits per heavy atom. The van der Waals surface area contributed by atoms with Gasteiger partial charge in [-0.3, -0.25) is 24.2 Å². The van der Waals surface area contributed by atoms with Crippen molar-refractivity contribution in [1.29, 1.82) is 0 Å². The Kier molecular flexibility index (Phi) is 16.6. The SMILES string of the molecule is CSCC[C@H](NC=O)C(=O)N[C@@H](CC(C)C)C(=O)N[C@@H](Cc1ccccc1)C(=O)N[C@@H](CCCN=C(N)N)C(=O)O. The summed E-state index contributed by atoms with van der Waals surface area (Å²) in [6.45, 7) is 3.96. The average Bonchev–Trinajstić information content (AvgIpc) is 2.91. The van der Waals surface area contributed by atoms with E-state index in [2.05, 4.69) is 26.3 Å². The summed E-state index contributed by atoms with van der Waals surface area (Å²) >= 11 is 1.52. The molecule has 4 atom stereocenters. The van der Waals surface area contributed by atoms with Gasteiger partial charge in [0.25, 0.3) is 0 Å². The largest absolute Gasteiger partial charge is 0.480 e. The number of hydrogen-bond donors (Lipinski definition) is 7. The highest BCUT2D eigenvalue weighted by molar-refractivity contribution is 7.98. The van der Waals surface area contributed by atoms with E-state index in [0.29, 0.717) is 25.0 Å². The smallest absolute Gasteiger partial charge is 0.326 e. The van der Waals surface area contributed by atoms with Gasteiger partial charge in [0.05, 0.1) is 0 Å². The third-order valence-corrected chi connectivity index (χ3v) is 6.66. The van der Waals surface area contributed by atoms with E-state index in [9.17, 15) is 29.1 Å². The van der Waals surface area contributed by atoms with Crippen LogP contribution in [-0.2, 0) is 30.4 Å². The highest BCUT2D eigenvalue weighted by Gasteiger charge is 2.31. The normalized spacial score (nSPS) is 13.7. The minimum atomic E-state index is -1.24. The first kappa shape index (κ1) is 35.2. The number of nitrogens with zero attached hydrogens (tertiary/aromatic N) is 1. The summed E-state index contributed by atoms with van der Waals surface area (Å²) in [4.78, 5) is 66.4. The zero-order valence-electron chi connectivity index (χ0n) is 23.8. The lowest BCUT2D eigenvalue weighted by Crippen LogP contribution is -2.58. The van der Waals surface area contributed by atoms with Crippen LogP contribution in [0.2, 0.25) is 0 Å². The van der Waals surface area contributed by atoms with Gasteiger partial charge in [0, 0.05) is 13.0 Å². The molecule has 1 aromatic rings. The van der Waals surface area contributed by atoms with Gasteiger partial charge in [-0.25, -0.2) is 4.79 Å². The van der Waals surface area contributed by atoms with E-state index in [-0.39, 0.29) is 37.7 Å². The van der Waals surface area contributed by atoms with Gasteiger partial charge in [-0.05, 0) is 49.2 Å². The summed E-state index contributed by atoms with van der Waals surface area (Å²) in [5, 5.41) is 20.1. The number of carboxylic acid groups (broad SMARTS) is 1. The van der Waals surface area contributed by atoms with E-state index in [1.165, 1.54) is 11.8 Å². The summed E-state index contributed by atoms with van der Waals surface area (Å²) in [6.07, 6.45) is 3.43. The second-order valence-electron chi connectivity index (χ2n) is 9.91. The van der Waals surface area contributed by atoms with Gasteiger partial charge >= 0.3 is 5.97 Å². The lowest BCUT2D eigenvalue weighted by Gasteiger charge is -2.26. The van der Waals surface area contributed by atoms with Crippen molar-refractivity contribution in [3.8, 4) is 0 Å². The molecule has 0 fully saturated rings. The molecule has 9 N–H and O–H groups in total. The van der Waals surface area contributed by atoms with Crippen LogP contribution < -0.4 is 32.7 Å². The fraction of sp³-hybridized carbons (Fsp3) is 0.556. The standard InChI is InChI=1S/C27H43N7O6S/c1-17(2)14-21(33-23(36)19(31-16-35)11-13-41-3)24(37)34-22(15-18-8-5-4-6-9-18)25(38)32-20(26(39)40)10-7-12-30-27(28)29/h4-6,8-9,16-17,19-22H,7,10-15H2,1-3H3,(H,31,35)(H,32,38)(H,33,36)(H,34,37)(H,39,40)(H4,28,29,30)/t19-,20-,21-,22-/m0/s1. The number of thioether (sulfide) groups is 1. The average molecular weight is 594 g/mol. The van der Waals surface area contributed by atoms with E-state index in [1.54, 1.807) is 24.3 Å². The van der Waals surface area contributed by atoms with Gasteiger partial charge in [-0.15, -0.1) is 0 Å². The topological polar surface area (TPSA) is 218 Å². The molecule has 1 aromatic carbocycles. The summed E-state index contributed by atoms with van der Waals surface area (Å²) < 4.78 is 0. The Morgan fingerprint density at radius 3 is 2.07 bits per heavy atom. The van der Waals surface area contributed by atoms with Crippen LogP contribution in [-0.4, -0.2) is 83.9 Å². The van der Waals surface area contributed by atoms with Crippen LogP contribution in [0.3, 0.4) is 0 Å². The van der Waals surface area contributed by atoms with Gasteiger partial charge in [0.15, 0.2) is 5.96 Å². The van der Waals surface area contributed by atoms with Gasteiger partial charge in [0.2, 0.25) is 24.1 Å². The summed E-state index contributed by atoms with van der Waals surface area (Å²) in [5.74, 6) is -2.52. The summed E-state index contributed by atoms with van der Waals surface area (Å²) in [6, 6.07) is 4.77. The van der Waals surface area contributed by atoms with E-state index in [1.807, 2.05) is 26.2 Å². The Bertz CT molecular complexity index is 1020. The van der Waals surface area contributed by atoms with Crippen molar-refractivity contribution in [2.75, 3.05) is 18.6 Å². The molecule has 13 nitrogen and oxygen atoms in total. The molecule has 0 aliphatic heterocycles. The molecule has 0 unspecified atom stereocenters. The van der Waals surface area contributed by atoms with Crippen molar-refractivity contribution in [2.45, 2.75) is 70.1 Å². The number of carboxylic acids is 1. The number of benzene rings is 1. The number of aliphatic imine (C=N–C) groups is 1. The first-order chi connectivity index (χ1) is 19.5. The number of nitrogens with one attached hydrogen (secondary N) is 4. The molecule has 228 valence electrons. The maximum absolute atomic E-state index is 13.5. The molecule has 4 amide bonds. The molecule has 0 spiro atoms. The Balaban J connectivity index is 3.13. The zero-order chi connectivity index (χ0) is 30.8. The number of guanidine groups is 1. The van der Waals surface area contributed by atoms with Crippen molar-refractivity contribution in [3.05, 3.63) is 35.9 Å². The van der Waals surface area contributed by atoms with Crippen molar-refractivity contribution >= 4 is 47.8 Å². The Morgan fingerprint density at radius 2 is 1.51 bits per heavy atom. The second kappa shape index (κ2) is 19.3. The third kappa shape index (κ3) is 14.4. The number of amides is 4. The Hall–Kier alpha value is -3.81. The second-order valence-corrected chi connectivity index (χ2v) is 10.9. The minimum Gasteiger partial charge on any atom is -0.480 e. The predicted octanol–water partition coefficient (Wildman–Crippen LogP) is -0.264. The highest BCUT2D eigenvalue weighted by Crippen LogP contribution is 2.10. The van der Waals surface area contributed by atoms with Crippen LogP contribution in [0.25, 0.3) is 0 Å². The number of aliphatic carboxylic acids is 1. The number of rotatable bonds is 20. The van der Waals surface area contributed by atoms with Crippen LogP contribution >= 0.6 is 11.8 Å². The molecule has 0 bridgehead atoms. The maximum atomic E-state index is 13.5. The molecule has 1 rings (SSSR count). The highest BCUT2D eigenvalue weighted by atomic mass is 32.2. The van der Waals surface area contributed by atoms with Gasteiger partial charge in [0.1, 0.15) is 24.2 Å². The monoisotopic (exact) mass is 593 g/mol. The van der Waals surface area contributed by atoms with Crippen molar-refractivity contribution in [3.63, 3.8) is 0 Å². The van der Waals surface area contributed by atoms with Gasteiger partial charge < -0.3 is 37.8 Å². The molecule has 41 heavy (non-hydrogen) atoms. The zero-order valence-corrected chi connectivity index (χ0v) is 24.6. The van der Waals surface area contributed by atoms with Crippen LogP contribution in [0, 0.1) is 5.92 Å². The fourth-order valence-electron chi connectivity index (χ4n) is 3.95. The van der Waals surface area contributed by atoms with Crippen LogP contribution in [0.1, 0.15) is 45.1 Å². The minimum absolute atomic E-state index is 0.0118. The van der Waals surface area contributed by atoms with E-state index >= 15 is 0 Å². The molecular formula is C27H43N7O6S. The molecule has 0 aliphatic rings. The molecule has 14 heteroatoms. The van der Waals surface area contributed by atoms with Crippen LogP contribution in [0.5, 0.6) is 0 Å². The molecule has 0 aromatic heterocycles. The first-order valence-corrected chi connectivity index (χ1v) is 14.8. The predicted molar refractivity (Wildman–Crippen MR) is 159 cm³/mol. The third-order valence-electron chi connectivity index (χ3n) is 6.01. The van der Waals surface area contributed by atoms with Crippen LogP contribution in [0.4, 0.5) is 0 Å². The van der Waals surface area contributed by atoms with Gasteiger partial charge in [-0.1, -0.05) is 44.2 Å². The fourth-order valence-corrected chi connectivity index (χ4v) is 4.42. The number of carbonyl (C=O) groups excluding carboxylic acids is 4. The number of hydrogen-bond acceptors (Lipinski definition) is 7. The summed E-state index contributed by atoms with van der Waals surface area (Å²) in [7, 11) is 0. The summed E-state index contributed by atoms with van der Waals surface area (Å²) in [5.41, 5.74) is 11.3. The molecule has 0 saturated carbocycles. The lowest BCUT2D eigenvalue weighted by atomic mass is 10.00. The Labute approximate surface area is 245 Å². The van der Waals surface area contributed by atoms with E-state index < -0.39 is 47.9 Å². The molecule has 0 aliphatic carbocycles. The van der Waals surface area contributed by atoms with Crippen molar-refractivity contribution < 1.29 is 29.1 Å². The molecule has 0 heterocycles. The van der Waals surface area contributed by atoms with Crippen LogP contribution in [0.15, 0.2) is 35.3 Å². The number of nitrogens with two attached hydrogens (primary N) is 2. The molecule has 0 radical (unpaired) electrons. The first-order valence-electron chi connectivity index (χ1n) is 13.4. The number of carbonyl (C=O) groups is 5. The quantitative estimate of drug-likeness (QED) is 0.0457. The molecule has 0 saturated heterocycles. The van der Waals surface area contributed by atoms with Crippen molar-refractivity contribution in [2.24, 2.45) is 22.4 Å². The lowest BCUT2D eigenvalue weighted by molar-refractivity contribution is -0.142. The van der Waals surface area contributed by atoms with Crippen molar-refractivity contribution in [1.82, 2.24) is 21.3 Å². The van der Waals surface area contributed by atoms with E-state index in [4.69, 9.17) is 11.5 Å². The van der Waals surface area contributed by atoms with E-state index in [0.717, 1.165) is 5.56 Å².